The smallest absolute Gasteiger partial charge is 0.193 e. The number of halogens is 1. The van der Waals surface area contributed by atoms with Crippen LogP contribution >= 0.6 is 11.6 Å². The van der Waals surface area contributed by atoms with Gasteiger partial charge in [-0.3, -0.25) is 4.99 Å². The molecule has 27 heavy (non-hydrogen) atoms. The van der Waals surface area contributed by atoms with Gasteiger partial charge in [0.2, 0.25) is 0 Å². The van der Waals surface area contributed by atoms with E-state index in [1.165, 1.54) is 7.11 Å². The number of methoxy groups -OCH3 is 1. The molecule has 1 atom stereocenters. The van der Waals surface area contributed by atoms with Crippen molar-refractivity contribution in [2.45, 2.75) is 12.5 Å². The molecule has 0 bridgehead atoms. The molecule has 1 aliphatic heterocycles. The Bertz CT molecular complexity index is 829. The van der Waals surface area contributed by atoms with Gasteiger partial charge < -0.3 is 30.4 Å². The zero-order chi connectivity index (χ0) is 19.2. The highest BCUT2D eigenvalue weighted by Crippen LogP contribution is 2.32. The third-order valence-electron chi connectivity index (χ3n) is 4.01. The summed E-state index contributed by atoms with van der Waals surface area (Å²) in [6.45, 7) is 1.29. The van der Waals surface area contributed by atoms with Gasteiger partial charge in [-0.25, -0.2) is 0 Å². The number of aliphatic hydroxyl groups excluding tert-OH is 1. The maximum absolute atomic E-state index is 10.4. The minimum atomic E-state index is -0.900. The summed E-state index contributed by atoms with van der Waals surface area (Å²) in [5.74, 6) is 2.08. The summed E-state index contributed by atoms with van der Waals surface area (Å²) in [6.07, 6.45) is -0.0610. The van der Waals surface area contributed by atoms with Crippen molar-refractivity contribution in [3.63, 3.8) is 0 Å². The van der Waals surface area contributed by atoms with Crippen molar-refractivity contribution in [1.29, 1.82) is 0 Å². The van der Waals surface area contributed by atoms with Gasteiger partial charge in [0, 0.05) is 28.8 Å². The molecule has 144 valence electrons. The molecule has 1 unspecified atom stereocenters. The molecular weight excluding hydrogens is 370 g/mol. The molecule has 0 saturated heterocycles. The lowest BCUT2D eigenvalue weighted by Gasteiger charge is -2.14. The first-order valence-electron chi connectivity index (χ1n) is 8.55. The van der Waals surface area contributed by atoms with Crippen molar-refractivity contribution in [1.82, 2.24) is 0 Å². The Labute approximate surface area is 162 Å². The third kappa shape index (κ3) is 4.96. The van der Waals surface area contributed by atoms with E-state index in [1.54, 1.807) is 24.3 Å². The van der Waals surface area contributed by atoms with Crippen LogP contribution in [-0.2, 0) is 0 Å². The summed E-state index contributed by atoms with van der Waals surface area (Å²) in [5, 5.41) is 13.9. The van der Waals surface area contributed by atoms with Gasteiger partial charge in [0.1, 0.15) is 11.9 Å². The van der Waals surface area contributed by atoms with Gasteiger partial charge in [-0.15, -0.1) is 0 Å². The second kappa shape index (κ2) is 8.83. The molecule has 0 amide bonds. The van der Waals surface area contributed by atoms with E-state index in [0.29, 0.717) is 41.0 Å². The van der Waals surface area contributed by atoms with E-state index in [2.05, 4.69) is 10.3 Å². The van der Waals surface area contributed by atoms with Crippen LogP contribution in [0.4, 0.5) is 5.69 Å². The minimum Gasteiger partial charge on any atom is -0.496 e. The van der Waals surface area contributed by atoms with Crippen LogP contribution in [0.2, 0.25) is 5.02 Å². The second-order valence-corrected chi connectivity index (χ2v) is 6.40. The Hall–Kier alpha value is -2.64. The van der Waals surface area contributed by atoms with Crippen LogP contribution in [0.3, 0.4) is 0 Å². The van der Waals surface area contributed by atoms with Gasteiger partial charge in [0.05, 0.1) is 26.9 Å². The lowest BCUT2D eigenvalue weighted by molar-refractivity contribution is 0.182. The maximum atomic E-state index is 10.4. The average molecular weight is 392 g/mol. The molecule has 4 N–H and O–H groups in total. The number of hydrogen-bond donors (Lipinski definition) is 3. The predicted molar refractivity (Wildman–Crippen MR) is 105 cm³/mol. The third-order valence-corrected chi connectivity index (χ3v) is 4.24. The van der Waals surface area contributed by atoms with Gasteiger partial charge >= 0.3 is 0 Å². The molecule has 1 aliphatic rings. The van der Waals surface area contributed by atoms with Crippen molar-refractivity contribution in [2.75, 3.05) is 32.2 Å². The molecule has 0 aromatic heterocycles. The maximum Gasteiger partial charge on any atom is 0.193 e. The van der Waals surface area contributed by atoms with E-state index in [0.717, 1.165) is 12.1 Å². The average Bonchev–Trinajstić information content (AvgIpc) is 2.91. The largest absolute Gasteiger partial charge is 0.496 e. The van der Waals surface area contributed by atoms with E-state index in [-0.39, 0.29) is 12.5 Å². The molecule has 2 aromatic carbocycles. The SMILES string of the molecule is COc1ccc(Cl)cc1C(O)CN=C(N)Nc1ccc2c(c1)OCCCO2. The van der Waals surface area contributed by atoms with Crippen LogP contribution in [0, 0.1) is 0 Å². The molecule has 0 fully saturated rings. The number of ether oxygens (including phenoxy) is 3. The van der Waals surface area contributed by atoms with Crippen LogP contribution in [0.1, 0.15) is 18.1 Å². The van der Waals surface area contributed by atoms with E-state index >= 15 is 0 Å². The molecule has 0 spiro atoms. The standard InChI is InChI=1S/C19H22ClN3O4/c1-25-16-5-3-12(20)9-14(16)15(24)11-22-19(21)23-13-4-6-17-18(10-13)27-8-2-7-26-17/h3-6,9-10,15,24H,2,7-8,11H2,1H3,(H3,21,22,23). The van der Waals surface area contributed by atoms with Crippen LogP contribution in [0.15, 0.2) is 41.4 Å². The van der Waals surface area contributed by atoms with Gasteiger partial charge in [-0.05, 0) is 30.3 Å². The Morgan fingerprint density at radius 3 is 2.81 bits per heavy atom. The number of fused-ring (bicyclic) bond motifs is 1. The van der Waals surface area contributed by atoms with E-state index in [4.69, 9.17) is 31.5 Å². The summed E-state index contributed by atoms with van der Waals surface area (Å²) in [6, 6.07) is 10.5. The lowest BCUT2D eigenvalue weighted by atomic mass is 10.1. The van der Waals surface area contributed by atoms with Crippen LogP contribution in [-0.4, -0.2) is 37.9 Å². The Morgan fingerprint density at radius 1 is 1.26 bits per heavy atom. The zero-order valence-electron chi connectivity index (χ0n) is 14.9. The topological polar surface area (TPSA) is 98.3 Å². The number of rotatable bonds is 5. The normalized spacial score (nSPS) is 15.0. The fraction of sp³-hybridized carbons (Fsp3) is 0.316. The van der Waals surface area contributed by atoms with E-state index in [1.807, 2.05) is 12.1 Å². The number of aliphatic hydroxyl groups is 1. The van der Waals surface area contributed by atoms with Gasteiger partial charge in [-0.2, -0.15) is 0 Å². The molecule has 3 rings (SSSR count). The number of anilines is 1. The summed E-state index contributed by atoms with van der Waals surface area (Å²) in [5.41, 5.74) is 7.21. The van der Waals surface area contributed by atoms with Crippen molar-refractivity contribution in [3.8, 4) is 17.2 Å². The monoisotopic (exact) mass is 391 g/mol. The number of benzene rings is 2. The van der Waals surface area contributed by atoms with Crippen molar-refractivity contribution >= 4 is 23.2 Å². The number of aliphatic imine (C=N–C) groups is 1. The van der Waals surface area contributed by atoms with E-state index < -0.39 is 6.10 Å². The Kier molecular flexibility index (Phi) is 6.26. The molecule has 0 radical (unpaired) electrons. The van der Waals surface area contributed by atoms with Crippen molar-refractivity contribution in [3.05, 3.63) is 47.0 Å². The molecule has 7 nitrogen and oxygen atoms in total. The van der Waals surface area contributed by atoms with Crippen LogP contribution < -0.4 is 25.3 Å². The number of guanidine groups is 1. The van der Waals surface area contributed by atoms with Gasteiger partial charge in [-0.1, -0.05) is 11.6 Å². The first-order chi connectivity index (χ1) is 13.1. The first-order valence-corrected chi connectivity index (χ1v) is 8.92. The van der Waals surface area contributed by atoms with Crippen molar-refractivity contribution in [2.24, 2.45) is 10.7 Å². The highest BCUT2D eigenvalue weighted by Gasteiger charge is 2.14. The summed E-state index contributed by atoms with van der Waals surface area (Å²) >= 11 is 6.00. The Balaban J connectivity index is 1.66. The fourth-order valence-corrected chi connectivity index (χ4v) is 2.86. The molecule has 0 aliphatic carbocycles. The highest BCUT2D eigenvalue weighted by molar-refractivity contribution is 6.30. The predicted octanol–water partition coefficient (Wildman–Crippen LogP) is 2.97. The van der Waals surface area contributed by atoms with Crippen LogP contribution in [0.5, 0.6) is 17.2 Å². The number of nitrogens with one attached hydrogen (secondary N) is 1. The summed E-state index contributed by atoms with van der Waals surface area (Å²) in [4.78, 5) is 4.19. The molecule has 8 heteroatoms. The van der Waals surface area contributed by atoms with Gasteiger partial charge in [0.15, 0.2) is 17.5 Å². The highest BCUT2D eigenvalue weighted by atomic mass is 35.5. The summed E-state index contributed by atoms with van der Waals surface area (Å²) < 4.78 is 16.5. The first kappa shape index (κ1) is 19.1. The Morgan fingerprint density at radius 2 is 2.04 bits per heavy atom. The minimum absolute atomic E-state index is 0.0556. The lowest BCUT2D eigenvalue weighted by Crippen LogP contribution is -2.23. The number of hydrogen-bond acceptors (Lipinski definition) is 5. The fourth-order valence-electron chi connectivity index (χ4n) is 2.68. The molecule has 0 saturated carbocycles. The second-order valence-electron chi connectivity index (χ2n) is 5.96. The summed E-state index contributed by atoms with van der Waals surface area (Å²) in [7, 11) is 1.53. The molecular formula is C19H22ClN3O4. The van der Waals surface area contributed by atoms with Gasteiger partial charge in [0.25, 0.3) is 0 Å². The zero-order valence-corrected chi connectivity index (χ0v) is 15.7. The number of nitrogens with two attached hydrogens (primary N) is 1. The quantitative estimate of drug-likeness (QED) is 0.535. The molecule has 1 heterocycles. The van der Waals surface area contributed by atoms with Crippen LogP contribution in [0.25, 0.3) is 0 Å². The van der Waals surface area contributed by atoms with E-state index in [9.17, 15) is 5.11 Å². The molecule has 2 aromatic rings. The number of nitrogens with zero attached hydrogens (tertiary/aromatic N) is 1. The van der Waals surface area contributed by atoms with Crippen molar-refractivity contribution < 1.29 is 19.3 Å².